The van der Waals surface area contributed by atoms with Crippen LogP contribution in [0.2, 0.25) is 0 Å². The van der Waals surface area contributed by atoms with E-state index in [1.54, 1.807) is 0 Å². The normalized spacial score (nSPS) is 45.8. The first-order chi connectivity index (χ1) is 13.6. The van der Waals surface area contributed by atoms with Gasteiger partial charge in [-0.3, -0.25) is 0 Å². The molecular formula is C24H37F3O2. The van der Waals surface area contributed by atoms with Crippen LogP contribution in [0, 0.1) is 34.5 Å². The van der Waals surface area contributed by atoms with E-state index in [1.807, 2.05) is 0 Å². The molecule has 0 aromatic carbocycles. The molecule has 8 atom stereocenters. The average Bonchev–Trinajstić information content (AvgIpc) is 2.98. The van der Waals surface area contributed by atoms with Crippen LogP contribution in [0.25, 0.3) is 0 Å². The van der Waals surface area contributed by atoms with E-state index >= 15 is 0 Å². The maximum absolute atomic E-state index is 12.6. The third-order valence-corrected chi connectivity index (χ3v) is 9.68. The first kappa shape index (κ1) is 21.7. The summed E-state index contributed by atoms with van der Waals surface area (Å²) < 4.78 is 37.8. The number of halogens is 3. The molecule has 2 N–H and O–H groups in total. The topological polar surface area (TPSA) is 40.5 Å². The standard InChI is InChI=1S/C24H37F3O2/c1-22-13-11-20-18(8-6-16-14-17(28)10-12-23(16,20)2)19(22)9-7-15(22)4-3-5-21(29)24(25,26)27/h6,15,17-21,28-29H,3-5,7-14H2,1-2H3/t15-,17-,18-,19?,20?,21?,22+,23-/m0/s1. The van der Waals surface area contributed by atoms with Gasteiger partial charge in [-0.05, 0) is 98.7 Å². The molecule has 166 valence electrons. The van der Waals surface area contributed by atoms with Crippen LogP contribution in [0.1, 0.15) is 84.5 Å². The summed E-state index contributed by atoms with van der Waals surface area (Å²) in [7, 11) is 0. The van der Waals surface area contributed by atoms with Crippen LogP contribution in [0.4, 0.5) is 13.2 Å². The Morgan fingerprint density at radius 1 is 1.10 bits per heavy atom. The molecule has 3 unspecified atom stereocenters. The van der Waals surface area contributed by atoms with Crippen molar-refractivity contribution in [1.29, 1.82) is 0 Å². The molecule has 0 aromatic rings. The number of alkyl halides is 3. The smallest absolute Gasteiger partial charge is 0.393 e. The molecule has 0 radical (unpaired) electrons. The number of fused-ring (bicyclic) bond motifs is 5. The van der Waals surface area contributed by atoms with Gasteiger partial charge >= 0.3 is 6.18 Å². The Bertz CT molecular complexity index is 645. The minimum absolute atomic E-state index is 0.167. The molecule has 0 heterocycles. The molecule has 2 nitrogen and oxygen atoms in total. The van der Waals surface area contributed by atoms with Crippen LogP contribution in [0.15, 0.2) is 11.6 Å². The predicted octanol–water partition coefficient (Wildman–Crippen LogP) is 6.02. The number of hydrogen-bond acceptors (Lipinski definition) is 2. The molecule has 29 heavy (non-hydrogen) atoms. The number of allylic oxidation sites excluding steroid dienone is 1. The second-order valence-electron chi connectivity index (χ2n) is 11.0. The quantitative estimate of drug-likeness (QED) is 0.552. The number of aliphatic hydroxyl groups is 2. The molecule has 0 aliphatic heterocycles. The van der Waals surface area contributed by atoms with Crippen LogP contribution >= 0.6 is 0 Å². The molecule has 4 aliphatic rings. The van der Waals surface area contributed by atoms with Gasteiger partial charge in [0.2, 0.25) is 0 Å². The largest absolute Gasteiger partial charge is 0.414 e. The van der Waals surface area contributed by atoms with Crippen LogP contribution in [-0.4, -0.2) is 28.6 Å². The average molecular weight is 415 g/mol. The van der Waals surface area contributed by atoms with E-state index in [4.69, 9.17) is 0 Å². The highest BCUT2D eigenvalue weighted by Crippen LogP contribution is 2.66. The SMILES string of the molecule is C[C@]12CC[C@H](O)CC1=CC[C@@H]1C2CC[C@@]2(C)C1CC[C@@H]2CCCC(O)C(F)(F)F. The summed E-state index contributed by atoms with van der Waals surface area (Å²) in [6.07, 6.45) is 5.35. The van der Waals surface area contributed by atoms with Gasteiger partial charge in [0, 0.05) is 0 Å². The fourth-order valence-corrected chi connectivity index (χ4v) is 7.95. The van der Waals surface area contributed by atoms with Crippen molar-refractivity contribution in [1.82, 2.24) is 0 Å². The maximum Gasteiger partial charge on any atom is 0.414 e. The Balaban J connectivity index is 1.43. The third-order valence-electron chi connectivity index (χ3n) is 9.68. The van der Waals surface area contributed by atoms with Gasteiger partial charge in [0.1, 0.15) is 6.10 Å². The van der Waals surface area contributed by atoms with Crippen molar-refractivity contribution in [2.45, 2.75) is 103 Å². The first-order valence-electron chi connectivity index (χ1n) is 11.7. The monoisotopic (exact) mass is 414 g/mol. The van der Waals surface area contributed by atoms with Crippen LogP contribution in [0.3, 0.4) is 0 Å². The molecule has 0 aromatic heterocycles. The van der Waals surface area contributed by atoms with Gasteiger partial charge in [0.05, 0.1) is 6.10 Å². The highest BCUT2D eigenvalue weighted by atomic mass is 19.4. The Morgan fingerprint density at radius 2 is 1.86 bits per heavy atom. The van der Waals surface area contributed by atoms with E-state index in [0.717, 1.165) is 38.5 Å². The molecule has 5 heteroatoms. The van der Waals surface area contributed by atoms with Crippen LogP contribution in [0.5, 0.6) is 0 Å². The Kier molecular flexibility index (Phi) is 5.64. The van der Waals surface area contributed by atoms with Crippen molar-refractivity contribution in [3.8, 4) is 0 Å². The van der Waals surface area contributed by atoms with Crippen LogP contribution in [-0.2, 0) is 0 Å². The van der Waals surface area contributed by atoms with E-state index in [-0.39, 0.29) is 23.4 Å². The van der Waals surface area contributed by atoms with Crippen molar-refractivity contribution in [3.05, 3.63) is 11.6 Å². The van der Waals surface area contributed by atoms with E-state index in [0.29, 0.717) is 30.1 Å². The lowest BCUT2D eigenvalue weighted by Crippen LogP contribution is -2.50. The molecule has 4 aliphatic carbocycles. The number of rotatable bonds is 4. The Morgan fingerprint density at radius 3 is 2.59 bits per heavy atom. The highest BCUT2D eigenvalue weighted by Gasteiger charge is 2.58. The van der Waals surface area contributed by atoms with Crippen molar-refractivity contribution in [3.63, 3.8) is 0 Å². The highest BCUT2D eigenvalue weighted by molar-refractivity contribution is 5.25. The van der Waals surface area contributed by atoms with Gasteiger partial charge in [-0.1, -0.05) is 31.9 Å². The second kappa shape index (κ2) is 7.55. The van der Waals surface area contributed by atoms with Crippen molar-refractivity contribution < 1.29 is 23.4 Å². The van der Waals surface area contributed by atoms with E-state index in [2.05, 4.69) is 19.9 Å². The molecule has 3 fully saturated rings. The summed E-state index contributed by atoms with van der Waals surface area (Å²) in [6.45, 7) is 4.83. The van der Waals surface area contributed by atoms with Crippen LogP contribution < -0.4 is 0 Å². The lowest BCUT2D eigenvalue weighted by molar-refractivity contribution is -0.205. The summed E-state index contributed by atoms with van der Waals surface area (Å²) in [5.74, 6) is 2.53. The fraction of sp³-hybridized carbons (Fsp3) is 0.917. The number of aliphatic hydroxyl groups excluding tert-OH is 2. The van der Waals surface area contributed by atoms with Gasteiger partial charge in [0.15, 0.2) is 0 Å². The zero-order chi connectivity index (χ0) is 21.0. The predicted molar refractivity (Wildman–Crippen MR) is 107 cm³/mol. The van der Waals surface area contributed by atoms with E-state index in [1.165, 1.54) is 24.8 Å². The molecule has 0 bridgehead atoms. The zero-order valence-electron chi connectivity index (χ0n) is 17.8. The summed E-state index contributed by atoms with van der Waals surface area (Å²) in [5, 5.41) is 19.4. The summed E-state index contributed by atoms with van der Waals surface area (Å²) >= 11 is 0. The molecule has 4 rings (SSSR count). The van der Waals surface area contributed by atoms with Crippen molar-refractivity contribution in [2.24, 2.45) is 34.5 Å². The molecule has 0 amide bonds. The van der Waals surface area contributed by atoms with Gasteiger partial charge in [0.25, 0.3) is 0 Å². The molecule has 0 spiro atoms. The summed E-state index contributed by atoms with van der Waals surface area (Å²) in [4.78, 5) is 0. The maximum atomic E-state index is 12.6. The first-order valence-corrected chi connectivity index (χ1v) is 11.7. The number of hydrogen-bond donors (Lipinski definition) is 2. The fourth-order valence-electron chi connectivity index (χ4n) is 7.95. The minimum atomic E-state index is -4.49. The van der Waals surface area contributed by atoms with E-state index < -0.39 is 12.3 Å². The van der Waals surface area contributed by atoms with Crippen molar-refractivity contribution >= 4 is 0 Å². The van der Waals surface area contributed by atoms with Gasteiger partial charge in [-0.2, -0.15) is 13.2 Å². The molecular weight excluding hydrogens is 377 g/mol. The molecule has 3 saturated carbocycles. The summed E-state index contributed by atoms with van der Waals surface area (Å²) in [5.41, 5.74) is 1.95. The van der Waals surface area contributed by atoms with Gasteiger partial charge in [-0.25, -0.2) is 0 Å². The second-order valence-corrected chi connectivity index (χ2v) is 11.0. The molecule has 0 saturated heterocycles. The zero-order valence-corrected chi connectivity index (χ0v) is 17.8. The lowest BCUT2D eigenvalue weighted by atomic mass is 9.47. The Hall–Kier alpha value is -0.550. The van der Waals surface area contributed by atoms with Gasteiger partial charge in [-0.15, -0.1) is 0 Å². The third kappa shape index (κ3) is 3.69. The lowest BCUT2D eigenvalue weighted by Gasteiger charge is -2.58. The Labute approximate surface area is 173 Å². The summed E-state index contributed by atoms with van der Waals surface area (Å²) in [6, 6.07) is 0. The van der Waals surface area contributed by atoms with E-state index in [9.17, 15) is 23.4 Å². The van der Waals surface area contributed by atoms with Gasteiger partial charge < -0.3 is 10.2 Å². The minimum Gasteiger partial charge on any atom is -0.393 e. The van der Waals surface area contributed by atoms with Crippen molar-refractivity contribution in [2.75, 3.05) is 0 Å².